The van der Waals surface area contributed by atoms with Crippen LogP contribution in [0.5, 0.6) is 0 Å². The van der Waals surface area contributed by atoms with Gasteiger partial charge in [0, 0.05) is 11.9 Å². The molecule has 0 aromatic heterocycles. The zero-order chi connectivity index (χ0) is 12.5. The SMILES string of the molecule is CCC(CCBr)CNC(=O)Cc1ccccc1. The summed E-state index contributed by atoms with van der Waals surface area (Å²) in [7, 11) is 0. The van der Waals surface area contributed by atoms with Gasteiger partial charge in [-0.2, -0.15) is 0 Å². The van der Waals surface area contributed by atoms with Crippen LogP contribution in [0.3, 0.4) is 0 Å². The Kier molecular flexibility index (Phi) is 6.94. The molecule has 0 aliphatic heterocycles. The molecule has 0 aliphatic rings. The van der Waals surface area contributed by atoms with Crippen LogP contribution in [-0.4, -0.2) is 17.8 Å². The van der Waals surface area contributed by atoms with Gasteiger partial charge in [-0.1, -0.05) is 59.6 Å². The molecule has 1 atom stereocenters. The van der Waals surface area contributed by atoms with Crippen molar-refractivity contribution in [2.75, 3.05) is 11.9 Å². The van der Waals surface area contributed by atoms with E-state index >= 15 is 0 Å². The van der Waals surface area contributed by atoms with Crippen molar-refractivity contribution in [1.29, 1.82) is 0 Å². The molecular formula is C14H20BrNO. The fourth-order valence-electron chi connectivity index (χ4n) is 1.71. The van der Waals surface area contributed by atoms with Gasteiger partial charge in [0.05, 0.1) is 6.42 Å². The van der Waals surface area contributed by atoms with E-state index in [4.69, 9.17) is 0 Å². The van der Waals surface area contributed by atoms with Gasteiger partial charge in [-0.3, -0.25) is 4.79 Å². The maximum Gasteiger partial charge on any atom is 0.224 e. The van der Waals surface area contributed by atoms with Crippen LogP contribution >= 0.6 is 15.9 Å². The Hall–Kier alpha value is -0.830. The van der Waals surface area contributed by atoms with E-state index < -0.39 is 0 Å². The summed E-state index contributed by atoms with van der Waals surface area (Å²) in [5.74, 6) is 0.693. The van der Waals surface area contributed by atoms with E-state index in [0.717, 1.165) is 30.3 Å². The zero-order valence-corrected chi connectivity index (χ0v) is 11.9. The quantitative estimate of drug-likeness (QED) is 0.770. The van der Waals surface area contributed by atoms with E-state index in [1.807, 2.05) is 30.3 Å². The number of alkyl halides is 1. The fraction of sp³-hybridized carbons (Fsp3) is 0.500. The van der Waals surface area contributed by atoms with Crippen molar-refractivity contribution in [3.05, 3.63) is 35.9 Å². The molecule has 1 unspecified atom stereocenters. The highest BCUT2D eigenvalue weighted by Crippen LogP contribution is 2.08. The van der Waals surface area contributed by atoms with Gasteiger partial charge in [-0.05, 0) is 17.9 Å². The Balaban J connectivity index is 2.30. The number of rotatable bonds is 7. The third kappa shape index (κ3) is 5.87. The van der Waals surface area contributed by atoms with Gasteiger partial charge in [0.25, 0.3) is 0 Å². The van der Waals surface area contributed by atoms with Crippen LogP contribution < -0.4 is 5.32 Å². The molecule has 1 aromatic carbocycles. The number of amides is 1. The third-order valence-corrected chi connectivity index (χ3v) is 3.35. The molecule has 2 nitrogen and oxygen atoms in total. The highest BCUT2D eigenvalue weighted by molar-refractivity contribution is 9.09. The highest BCUT2D eigenvalue weighted by atomic mass is 79.9. The van der Waals surface area contributed by atoms with E-state index in [9.17, 15) is 4.79 Å². The average Bonchev–Trinajstić information content (AvgIpc) is 2.35. The monoisotopic (exact) mass is 297 g/mol. The number of hydrogen-bond donors (Lipinski definition) is 1. The van der Waals surface area contributed by atoms with Gasteiger partial charge < -0.3 is 5.32 Å². The lowest BCUT2D eigenvalue weighted by atomic mass is 10.0. The first kappa shape index (κ1) is 14.2. The summed E-state index contributed by atoms with van der Waals surface area (Å²) < 4.78 is 0. The molecule has 1 aromatic rings. The summed E-state index contributed by atoms with van der Waals surface area (Å²) in [6.07, 6.45) is 2.70. The van der Waals surface area contributed by atoms with E-state index in [0.29, 0.717) is 12.3 Å². The van der Waals surface area contributed by atoms with Gasteiger partial charge in [0.15, 0.2) is 0 Å². The summed E-state index contributed by atoms with van der Waals surface area (Å²) in [5, 5.41) is 4.01. The van der Waals surface area contributed by atoms with Gasteiger partial charge >= 0.3 is 0 Å². The van der Waals surface area contributed by atoms with Crippen LogP contribution in [0.2, 0.25) is 0 Å². The lowest BCUT2D eigenvalue weighted by Crippen LogP contribution is -2.30. The molecule has 0 saturated carbocycles. The number of hydrogen-bond acceptors (Lipinski definition) is 1. The van der Waals surface area contributed by atoms with Gasteiger partial charge in [0.2, 0.25) is 5.91 Å². The number of benzene rings is 1. The average molecular weight is 298 g/mol. The van der Waals surface area contributed by atoms with Crippen LogP contribution in [0, 0.1) is 5.92 Å². The van der Waals surface area contributed by atoms with Crippen molar-refractivity contribution in [3.8, 4) is 0 Å². The summed E-state index contributed by atoms with van der Waals surface area (Å²) in [5.41, 5.74) is 1.07. The first-order valence-corrected chi connectivity index (χ1v) is 7.25. The predicted octanol–water partition coefficient (Wildman–Crippen LogP) is 3.16. The normalized spacial score (nSPS) is 12.1. The van der Waals surface area contributed by atoms with E-state index in [2.05, 4.69) is 28.2 Å². The minimum absolute atomic E-state index is 0.115. The Morgan fingerprint density at radius 2 is 2.06 bits per heavy atom. The van der Waals surface area contributed by atoms with Crippen LogP contribution in [0.1, 0.15) is 25.3 Å². The second-order valence-corrected chi connectivity index (χ2v) is 5.01. The topological polar surface area (TPSA) is 29.1 Å². The number of nitrogens with one attached hydrogen (secondary N) is 1. The van der Waals surface area contributed by atoms with Crippen molar-refractivity contribution in [2.24, 2.45) is 5.92 Å². The molecule has 3 heteroatoms. The molecule has 0 aliphatic carbocycles. The van der Waals surface area contributed by atoms with Crippen LogP contribution in [0.15, 0.2) is 30.3 Å². The summed E-state index contributed by atoms with van der Waals surface area (Å²) >= 11 is 3.44. The van der Waals surface area contributed by atoms with Crippen molar-refractivity contribution in [2.45, 2.75) is 26.2 Å². The first-order valence-electron chi connectivity index (χ1n) is 6.12. The fourth-order valence-corrected chi connectivity index (χ4v) is 2.35. The number of carbonyl (C=O) groups excluding carboxylic acids is 1. The minimum atomic E-state index is 0.115. The maximum atomic E-state index is 11.7. The third-order valence-electron chi connectivity index (χ3n) is 2.89. The molecular weight excluding hydrogens is 278 g/mol. The molecule has 0 saturated heterocycles. The molecule has 0 spiro atoms. The van der Waals surface area contributed by atoms with E-state index in [-0.39, 0.29) is 5.91 Å². The summed E-state index contributed by atoms with van der Waals surface area (Å²) in [4.78, 5) is 11.7. The molecule has 1 N–H and O–H groups in total. The molecule has 0 fully saturated rings. The Bertz CT molecular complexity index is 326. The molecule has 94 valence electrons. The van der Waals surface area contributed by atoms with Gasteiger partial charge in [-0.15, -0.1) is 0 Å². The van der Waals surface area contributed by atoms with Crippen LogP contribution in [-0.2, 0) is 11.2 Å². The second kappa shape index (κ2) is 8.29. The molecule has 1 rings (SSSR count). The molecule has 0 radical (unpaired) electrons. The zero-order valence-electron chi connectivity index (χ0n) is 10.3. The van der Waals surface area contributed by atoms with E-state index in [1.54, 1.807) is 0 Å². The summed E-state index contributed by atoms with van der Waals surface area (Å²) in [6.45, 7) is 2.95. The first-order chi connectivity index (χ1) is 8.26. The molecule has 1 amide bonds. The van der Waals surface area contributed by atoms with E-state index in [1.165, 1.54) is 0 Å². The highest BCUT2D eigenvalue weighted by Gasteiger charge is 2.08. The van der Waals surface area contributed by atoms with Crippen molar-refractivity contribution in [1.82, 2.24) is 5.32 Å². The Labute approximate surface area is 112 Å². The lowest BCUT2D eigenvalue weighted by Gasteiger charge is -2.14. The predicted molar refractivity (Wildman–Crippen MR) is 75.3 cm³/mol. The Morgan fingerprint density at radius 3 is 2.65 bits per heavy atom. The summed E-state index contributed by atoms with van der Waals surface area (Å²) in [6, 6.07) is 9.85. The minimum Gasteiger partial charge on any atom is -0.356 e. The van der Waals surface area contributed by atoms with Crippen LogP contribution in [0.4, 0.5) is 0 Å². The molecule has 0 bridgehead atoms. The van der Waals surface area contributed by atoms with Gasteiger partial charge in [-0.25, -0.2) is 0 Å². The van der Waals surface area contributed by atoms with Gasteiger partial charge in [0.1, 0.15) is 0 Å². The van der Waals surface area contributed by atoms with Crippen LogP contribution in [0.25, 0.3) is 0 Å². The Morgan fingerprint density at radius 1 is 1.35 bits per heavy atom. The van der Waals surface area contributed by atoms with Crippen molar-refractivity contribution in [3.63, 3.8) is 0 Å². The lowest BCUT2D eigenvalue weighted by molar-refractivity contribution is -0.120. The maximum absolute atomic E-state index is 11.7. The molecule has 17 heavy (non-hydrogen) atoms. The standard InChI is InChI=1S/C14H20BrNO/c1-2-12(8-9-15)11-16-14(17)10-13-6-4-3-5-7-13/h3-7,12H,2,8-11H2,1H3,(H,16,17). The van der Waals surface area contributed by atoms with Crippen molar-refractivity contribution < 1.29 is 4.79 Å². The second-order valence-electron chi connectivity index (χ2n) is 4.22. The number of carbonyl (C=O) groups is 1. The molecule has 0 heterocycles. The van der Waals surface area contributed by atoms with Crippen molar-refractivity contribution >= 4 is 21.8 Å². The smallest absolute Gasteiger partial charge is 0.224 e. The largest absolute Gasteiger partial charge is 0.356 e. The number of halogens is 1.